The molecule has 0 aromatic heterocycles. The summed E-state index contributed by atoms with van der Waals surface area (Å²) in [7, 11) is -0.599. The molecule has 0 spiro atoms. The lowest BCUT2D eigenvalue weighted by molar-refractivity contribution is 0.336. The molecule has 6 heteroatoms. The Bertz CT molecular complexity index is 668. The fourth-order valence-electron chi connectivity index (χ4n) is 3.16. The second kappa shape index (κ2) is 5.35. The van der Waals surface area contributed by atoms with Crippen LogP contribution in [0.1, 0.15) is 19.3 Å². The zero-order valence-electron chi connectivity index (χ0n) is 12.2. The van der Waals surface area contributed by atoms with E-state index in [1.54, 1.807) is 16.4 Å². The lowest BCUT2D eigenvalue weighted by Crippen LogP contribution is -2.42. The molecular weight excluding hydrogens is 290 g/mol. The minimum absolute atomic E-state index is 0.0374. The SMILES string of the molecule is COc1ccc(OC)c(S(=O)(=O)N2C3C=CCC2CC3)c1. The molecule has 0 saturated carbocycles. The van der Waals surface area contributed by atoms with Crippen LogP contribution in [0.3, 0.4) is 0 Å². The Hall–Kier alpha value is -1.53. The molecule has 0 amide bonds. The number of sulfonamides is 1. The Kier molecular flexibility index (Phi) is 3.67. The van der Waals surface area contributed by atoms with Gasteiger partial charge in [-0.15, -0.1) is 0 Å². The molecular formula is C15H19NO4S. The molecule has 2 aliphatic heterocycles. The van der Waals surface area contributed by atoms with Gasteiger partial charge in [0.05, 0.1) is 14.2 Å². The molecule has 0 radical (unpaired) electrons. The highest BCUT2D eigenvalue weighted by Gasteiger charge is 2.43. The molecule has 114 valence electrons. The van der Waals surface area contributed by atoms with Crippen molar-refractivity contribution in [2.45, 2.75) is 36.2 Å². The molecule has 21 heavy (non-hydrogen) atoms. The third-order valence-corrected chi connectivity index (χ3v) is 6.17. The first-order valence-corrected chi connectivity index (χ1v) is 8.44. The molecule has 1 fully saturated rings. The predicted molar refractivity (Wildman–Crippen MR) is 79.1 cm³/mol. The van der Waals surface area contributed by atoms with Gasteiger partial charge in [0.2, 0.25) is 10.0 Å². The molecule has 2 heterocycles. The van der Waals surface area contributed by atoms with Crippen LogP contribution in [0, 0.1) is 0 Å². The van der Waals surface area contributed by atoms with Crippen molar-refractivity contribution in [2.24, 2.45) is 0 Å². The van der Waals surface area contributed by atoms with E-state index in [0.717, 1.165) is 19.3 Å². The molecule has 1 saturated heterocycles. The lowest BCUT2D eigenvalue weighted by atomic mass is 10.2. The number of hydrogen-bond acceptors (Lipinski definition) is 4. The Morgan fingerprint density at radius 2 is 2.00 bits per heavy atom. The van der Waals surface area contributed by atoms with Crippen molar-refractivity contribution in [1.29, 1.82) is 0 Å². The number of rotatable bonds is 4. The number of hydrogen-bond donors (Lipinski definition) is 0. The predicted octanol–water partition coefficient (Wildman–Crippen LogP) is 2.19. The summed E-state index contributed by atoms with van der Waals surface area (Å²) in [5, 5.41) is 0. The van der Waals surface area contributed by atoms with Crippen LogP contribution in [0.4, 0.5) is 0 Å². The van der Waals surface area contributed by atoms with E-state index in [2.05, 4.69) is 6.08 Å². The molecule has 5 nitrogen and oxygen atoms in total. The average Bonchev–Trinajstić information content (AvgIpc) is 2.77. The Labute approximate surface area is 125 Å². The second-order valence-corrected chi connectivity index (χ2v) is 7.13. The number of methoxy groups -OCH3 is 2. The summed E-state index contributed by atoms with van der Waals surface area (Å²) in [4.78, 5) is 0.177. The van der Waals surface area contributed by atoms with Crippen molar-refractivity contribution in [3.63, 3.8) is 0 Å². The first-order valence-electron chi connectivity index (χ1n) is 7.00. The van der Waals surface area contributed by atoms with Gasteiger partial charge in [0.1, 0.15) is 16.4 Å². The molecule has 0 N–H and O–H groups in total. The van der Waals surface area contributed by atoms with E-state index in [-0.39, 0.29) is 17.0 Å². The largest absolute Gasteiger partial charge is 0.497 e. The molecule has 2 atom stereocenters. The smallest absolute Gasteiger partial charge is 0.247 e. The quantitative estimate of drug-likeness (QED) is 0.800. The highest BCUT2D eigenvalue weighted by atomic mass is 32.2. The second-order valence-electron chi connectivity index (χ2n) is 5.31. The van der Waals surface area contributed by atoms with Crippen LogP contribution in [-0.2, 0) is 10.0 Å². The number of benzene rings is 1. The zero-order valence-corrected chi connectivity index (χ0v) is 13.0. The molecule has 2 aliphatic rings. The van der Waals surface area contributed by atoms with Crippen LogP contribution in [0.25, 0.3) is 0 Å². The van der Waals surface area contributed by atoms with Crippen LogP contribution in [0.2, 0.25) is 0 Å². The normalized spacial score (nSPS) is 25.0. The zero-order chi connectivity index (χ0) is 15.0. The van der Waals surface area contributed by atoms with Gasteiger partial charge >= 0.3 is 0 Å². The first kappa shape index (κ1) is 14.4. The Morgan fingerprint density at radius 1 is 1.19 bits per heavy atom. The summed E-state index contributed by atoms with van der Waals surface area (Å²) in [6.45, 7) is 0. The third kappa shape index (κ3) is 2.32. The van der Waals surface area contributed by atoms with E-state index in [1.165, 1.54) is 20.3 Å². The van der Waals surface area contributed by atoms with E-state index in [1.807, 2.05) is 6.08 Å². The lowest BCUT2D eigenvalue weighted by Gasteiger charge is -2.30. The Balaban J connectivity index is 2.08. The molecule has 1 aromatic rings. The van der Waals surface area contributed by atoms with Crippen molar-refractivity contribution in [2.75, 3.05) is 14.2 Å². The summed E-state index contributed by atoms with van der Waals surface area (Å²) in [5.74, 6) is 0.860. The summed E-state index contributed by atoms with van der Waals surface area (Å²) in [5.41, 5.74) is 0. The van der Waals surface area contributed by atoms with Crippen molar-refractivity contribution in [3.05, 3.63) is 30.4 Å². The van der Waals surface area contributed by atoms with Gasteiger partial charge < -0.3 is 9.47 Å². The molecule has 3 rings (SSSR count). The highest BCUT2D eigenvalue weighted by Crippen LogP contribution is 2.39. The van der Waals surface area contributed by atoms with Crippen molar-refractivity contribution >= 4 is 10.0 Å². The maximum absolute atomic E-state index is 13.1. The molecule has 2 bridgehead atoms. The Morgan fingerprint density at radius 3 is 2.67 bits per heavy atom. The van der Waals surface area contributed by atoms with Crippen molar-refractivity contribution in [3.8, 4) is 11.5 Å². The molecule has 1 aromatic carbocycles. The van der Waals surface area contributed by atoms with Crippen molar-refractivity contribution in [1.82, 2.24) is 4.31 Å². The van der Waals surface area contributed by atoms with Gasteiger partial charge in [-0.1, -0.05) is 12.2 Å². The fraction of sp³-hybridized carbons (Fsp3) is 0.467. The van der Waals surface area contributed by atoms with Gasteiger partial charge in [-0.2, -0.15) is 4.31 Å². The third-order valence-electron chi connectivity index (χ3n) is 4.18. The highest BCUT2D eigenvalue weighted by molar-refractivity contribution is 7.89. The number of ether oxygens (including phenoxy) is 2. The maximum atomic E-state index is 13.1. The summed E-state index contributed by atoms with van der Waals surface area (Å²) in [6.07, 6.45) is 6.64. The van der Waals surface area contributed by atoms with Crippen molar-refractivity contribution < 1.29 is 17.9 Å². The van der Waals surface area contributed by atoms with E-state index in [9.17, 15) is 8.42 Å². The van der Waals surface area contributed by atoms with Crippen LogP contribution >= 0.6 is 0 Å². The first-order chi connectivity index (χ1) is 10.1. The van der Waals surface area contributed by atoms with Gasteiger partial charge in [-0.25, -0.2) is 8.42 Å². The number of fused-ring (bicyclic) bond motifs is 2. The van der Waals surface area contributed by atoms with E-state index < -0.39 is 10.0 Å². The monoisotopic (exact) mass is 309 g/mol. The topological polar surface area (TPSA) is 55.8 Å². The standard InChI is InChI=1S/C15H19NO4S/c1-19-13-8-9-14(20-2)15(10-13)21(17,18)16-11-4-3-5-12(16)7-6-11/h3-4,8-12H,5-7H2,1-2H3. The van der Waals surface area contributed by atoms with Gasteiger partial charge in [0.15, 0.2) is 0 Å². The maximum Gasteiger partial charge on any atom is 0.247 e. The number of nitrogens with zero attached hydrogens (tertiary/aromatic N) is 1. The summed E-state index contributed by atoms with van der Waals surface area (Å²) in [6, 6.07) is 4.88. The van der Waals surface area contributed by atoms with E-state index in [0.29, 0.717) is 11.5 Å². The van der Waals surface area contributed by atoms with Crippen LogP contribution < -0.4 is 9.47 Å². The van der Waals surface area contributed by atoms with E-state index in [4.69, 9.17) is 9.47 Å². The average molecular weight is 309 g/mol. The summed E-state index contributed by atoms with van der Waals surface area (Å²) < 4.78 is 38.1. The minimum Gasteiger partial charge on any atom is -0.497 e. The van der Waals surface area contributed by atoms with Gasteiger partial charge in [-0.05, 0) is 31.4 Å². The summed E-state index contributed by atoms with van der Waals surface area (Å²) >= 11 is 0. The fourth-order valence-corrected chi connectivity index (χ4v) is 5.17. The van der Waals surface area contributed by atoms with E-state index >= 15 is 0 Å². The van der Waals surface area contributed by atoms with Crippen LogP contribution in [0.5, 0.6) is 11.5 Å². The van der Waals surface area contributed by atoms with Crippen LogP contribution in [0.15, 0.2) is 35.2 Å². The molecule has 0 aliphatic carbocycles. The minimum atomic E-state index is -3.60. The van der Waals surface area contributed by atoms with Crippen LogP contribution in [-0.4, -0.2) is 39.0 Å². The van der Waals surface area contributed by atoms with Gasteiger partial charge in [-0.3, -0.25) is 0 Å². The van der Waals surface area contributed by atoms with Gasteiger partial charge in [0.25, 0.3) is 0 Å². The molecule has 2 unspecified atom stereocenters. The van der Waals surface area contributed by atoms with Gasteiger partial charge in [0, 0.05) is 18.2 Å².